The van der Waals surface area contributed by atoms with Crippen LogP contribution >= 0.6 is 12.4 Å². The summed E-state index contributed by atoms with van der Waals surface area (Å²) in [5, 5.41) is 13.1. The van der Waals surface area contributed by atoms with Gasteiger partial charge in [-0.15, -0.1) is 12.4 Å². The largest absolute Gasteiger partial charge is 0.497 e. The summed E-state index contributed by atoms with van der Waals surface area (Å²) in [5.74, 6) is 1.50. The number of nitrogens with one attached hydrogen (secondary N) is 1. The third-order valence-electron chi connectivity index (χ3n) is 4.86. The molecule has 2 aliphatic heterocycles. The third kappa shape index (κ3) is 5.40. The minimum Gasteiger partial charge on any atom is -0.497 e. The molecule has 0 spiro atoms. The first-order valence-electron chi connectivity index (χ1n) is 8.87. The Morgan fingerprint density at radius 3 is 2.42 bits per heavy atom. The molecule has 26 heavy (non-hydrogen) atoms. The number of hydrogen-bond donors (Lipinski definition) is 2. The van der Waals surface area contributed by atoms with Crippen molar-refractivity contribution in [2.75, 3.05) is 46.4 Å². The van der Waals surface area contributed by atoms with E-state index in [0.29, 0.717) is 12.6 Å². The number of aliphatic hydroxyl groups excluding tert-OH is 1. The van der Waals surface area contributed by atoms with Gasteiger partial charge in [-0.05, 0) is 37.1 Å². The molecule has 7 nitrogen and oxygen atoms in total. The van der Waals surface area contributed by atoms with Crippen LogP contribution in [0.1, 0.15) is 12.8 Å². The normalized spacial score (nSPS) is 19.6. The monoisotopic (exact) mass is 385 g/mol. The highest BCUT2D eigenvalue weighted by atomic mass is 35.5. The molecule has 0 aliphatic carbocycles. The predicted octanol–water partition coefficient (Wildman–Crippen LogP) is 1.35. The summed E-state index contributed by atoms with van der Waals surface area (Å²) in [6.07, 6.45) is 1.38. The van der Waals surface area contributed by atoms with Crippen LogP contribution in [-0.4, -0.2) is 79.5 Å². The second kappa shape index (κ2) is 9.85. The lowest BCUT2D eigenvalue weighted by Crippen LogP contribution is -2.48. The number of ether oxygens (including phenoxy) is 2. The summed E-state index contributed by atoms with van der Waals surface area (Å²) in [4.78, 5) is 15.9. The smallest absolute Gasteiger partial charge is 0.317 e. The Morgan fingerprint density at radius 1 is 1.19 bits per heavy atom. The van der Waals surface area contributed by atoms with Gasteiger partial charge in [0.1, 0.15) is 24.2 Å². The van der Waals surface area contributed by atoms with E-state index in [-0.39, 0.29) is 25.0 Å². The number of likely N-dealkylation sites (tertiary alicyclic amines) is 1. The van der Waals surface area contributed by atoms with Crippen LogP contribution in [0.3, 0.4) is 0 Å². The topological polar surface area (TPSA) is 74.3 Å². The standard InChI is InChI=1S/C18H27N3O4.ClH/c1-24-16-2-4-17(5-3-16)25-13-15(22)12-20-9-6-14(7-10-20)21-11-8-19-18(21)23;/h2-5,14-15,22H,6-13H2,1H3,(H,19,23);1H. The molecule has 2 fully saturated rings. The lowest BCUT2D eigenvalue weighted by atomic mass is 10.0. The average molecular weight is 386 g/mol. The summed E-state index contributed by atoms with van der Waals surface area (Å²) < 4.78 is 10.7. The van der Waals surface area contributed by atoms with Crippen LogP contribution in [-0.2, 0) is 0 Å². The molecular weight excluding hydrogens is 358 g/mol. The zero-order valence-electron chi connectivity index (χ0n) is 15.1. The van der Waals surface area contributed by atoms with E-state index in [2.05, 4.69) is 10.2 Å². The summed E-state index contributed by atoms with van der Waals surface area (Å²) in [7, 11) is 1.62. The fourth-order valence-electron chi connectivity index (χ4n) is 3.46. The Bertz CT molecular complexity index is 564. The number of amides is 2. The molecule has 0 saturated carbocycles. The van der Waals surface area contributed by atoms with Crippen LogP contribution in [0.5, 0.6) is 11.5 Å². The van der Waals surface area contributed by atoms with Gasteiger partial charge >= 0.3 is 6.03 Å². The fourth-order valence-corrected chi connectivity index (χ4v) is 3.46. The highest BCUT2D eigenvalue weighted by Crippen LogP contribution is 2.19. The first-order valence-corrected chi connectivity index (χ1v) is 8.87. The molecule has 1 aromatic rings. The van der Waals surface area contributed by atoms with E-state index >= 15 is 0 Å². The SMILES string of the molecule is COc1ccc(OCC(O)CN2CCC(N3CCNC3=O)CC2)cc1.Cl. The molecule has 1 aromatic carbocycles. The molecule has 2 aliphatic rings. The number of halogens is 1. The van der Waals surface area contributed by atoms with Crippen molar-refractivity contribution in [1.29, 1.82) is 0 Å². The lowest BCUT2D eigenvalue weighted by molar-refractivity contribution is 0.0508. The van der Waals surface area contributed by atoms with Crippen LogP contribution in [0.4, 0.5) is 4.79 Å². The number of carbonyl (C=O) groups is 1. The van der Waals surface area contributed by atoms with E-state index in [1.165, 1.54) is 0 Å². The molecule has 2 N–H and O–H groups in total. The van der Waals surface area contributed by atoms with Gasteiger partial charge in [-0.1, -0.05) is 0 Å². The number of urea groups is 1. The molecule has 8 heteroatoms. The minimum atomic E-state index is -0.534. The van der Waals surface area contributed by atoms with E-state index in [4.69, 9.17) is 9.47 Å². The average Bonchev–Trinajstić information content (AvgIpc) is 3.07. The van der Waals surface area contributed by atoms with E-state index in [9.17, 15) is 9.90 Å². The van der Waals surface area contributed by atoms with Crippen molar-refractivity contribution in [2.24, 2.45) is 0 Å². The molecule has 1 unspecified atom stereocenters. The highest BCUT2D eigenvalue weighted by Gasteiger charge is 2.30. The second-order valence-corrected chi connectivity index (χ2v) is 6.60. The Kier molecular flexibility index (Phi) is 7.81. The highest BCUT2D eigenvalue weighted by molar-refractivity contribution is 5.85. The predicted molar refractivity (Wildman–Crippen MR) is 101 cm³/mol. The van der Waals surface area contributed by atoms with Crippen LogP contribution in [0.2, 0.25) is 0 Å². The molecule has 146 valence electrons. The van der Waals surface area contributed by atoms with Gasteiger partial charge in [-0.3, -0.25) is 0 Å². The molecule has 0 bridgehead atoms. The first-order chi connectivity index (χ1) is 12.2. The van der Waals surface area contributed by atoms with Crippen molar-refractivity contribution in [3.8, 4) is 11.5 Å². The van der Waals surface area contributed by atoms with E-state index in [1.54, 1.807) is 7.11 Å². The molecule has 0 aromatic heterocycles. The fraction of sp³-hybridized carbons (Fsp3) is 0.611. The maximum atomic E-state index is 11.7. The number of aliphatic hydroxyl groups is 1. The van der Waals surface area contributed by atoms with E-state index in [1.807, 2.05) is 29.2 Å². The van der Waals surface area contributed by atoms with Crippen molar-refractivity contribution in [2.45, 2.75) is 25.0 Å². The molecular formula is C18H28ClN3O4. The molecule has 2 heterocycles. The van der Waals surface area contributed by atoms with Gasteiger partial charge in [0.05, 0.1) is 7.11 Å². The quantitative estimate of drug-likeness (QED) is 0.741. The van der Waals surface area contributed by atoms with Crippen LogP contribution in [0.15, 0.2) is 24.3 Å². The Labute approximate surface area is 160 Å². The number of β-amino-alcohol motifs (C(OH)–C–C–N with tert-alkyl or cyclic N) is 1. The summed E-state index contributed by atoms with van der Waals surface area (Å²) >= 11 is 0. The molecule has 0 radical (unpaired) electrons. The number of carbonyl (C=O) groups excluding carboxylic acids is 1. The van der Waals surface area contributed by atoms with Gasteiger partial charge in [0.15, 0.2) is 0 Å². The van der Waals surface area contributed by atoms with Crippen molar-refractivity contribution in [3.63, 3.8) is 0 Å². The van der Waals surface area contributed by atoms with Crippen LogP contribution < -0.4 is 14.8 Å². The van der Waals surface area contributed by atoms with Gasteiger partial charge in [0.25, 0.3) is 0 Å². The Hall–Kier alpha value is -1.70. The number of rotatable bonds is 7. The van der Waals surface area contributed by atoms with Crippen LogP contribution in [0.25, 0.3) is 0 Å². The number of methoxy groups -OCH3 is 1. The summed E-state index contributed by atoms with van der Waals surface area (Å²) in [6.45, 7) is 4.21. The molecule has 2 saturated heterocycles. The first kappa shape index (κ1) is 20.6. The Morgan fingerprint density at radius 2 is 1.85 bits per heavy atom. The van der Waals surface area contributed by atoms with Crippen molar-refractivity contribution in [3.05, 3.63) is 24.3 Å². The second-order valence-electron chi connectivity index (χ2n) is 6.60. The van der Waals surface area contributed by atoms with Gasteiger partial charge in [0.2, 0.25) is 0 Å². The molecule has 1 atom stereocenters. The zero-order valence-corrected chi connectivity index (χ0v) is 15.9. The van der Waals surface area contributed by atoms with Crippen molar-refractivity contribution in [1.82, 2.24) is 15.1 Å². The van der Waals surface area contributed by atoms with Crippen LogP contribution in [0, 0.1) is 0 Å². The number of nitrogens with zero attached hydrogens (tertiary/aromatic N) is 2. The number of benzene rings is 1. The Balaban J connectivity index is 0.00000243. The van der Waals surface area contributed by atoms with Gasteiger partial charge < -0.3 is 29.7 Å². The summed E-state index contributed by atoms with van der Waals surface area (Å²) in [6, 6.07) is 7.72. The summed E-state index contributed by atoms with van der Waals surface area (Å²) in [5.41, 5.74) is 0. The zero-order chi connectivity index (χ0) is 17.6. The van der Waals surface area contributed by atoms with Gasteiger partial charge in [-0.25, -0.2) is 4.79 Å². The van der Waals surface area contributed by atoms with Gasteiger partial charge in [-0.2, -0.15) is 0 Å². The number of piperidine rings is 1. The van der Waals surface area contributed by atoms with Crippen molar-refractivity contribution >= 4 is 18.4 Å². The number of hydrogen-bond acceptors (Lipinski definition) is 5. The lowest BCUT2D eigenvalue weighted by Gasteiger charge is -2.36. The van der Waals surface area contributed by atoms with E-state index < -0.39 is 6.10 Å². The molecule has 2 amide bonds. The maximum absolute atomic E-state index is 11.7. The molecule has 3 rings (SSSR count). The van der Waals surface area contributed by atoms with E-state index in [0.717, 1.165) is 50.5 Å². The van der Waals surface area contributed by atoms with Gasteiger partial charge in [0, 0.05) is 38.8 Å². The maximum Gasteiger partial charge on any atom is 0.317 e. The third-order valence-corrected chi connectivity index (χ3v) is 4.86. The van der Waals surface area contributed by atoms with Crippen molar-refractivity contribution < 1.29 is 19.4 Å². The minimum absolute atomic E-state index is 0.